The average molecular weight is 234 g/mol. The summed E-state index contributed by atoms with van der Waals surface area (Å²) in [6, 6.07) is 5.46. The number of phenols is 1. The van der Waals surface area contributed by atoms with Gasteiger partial charge in [-0.05, 0) is 37.1 Å². The number of benzene rings is 1. The Morgan fingerprint density at radius 2 is 1.94 bits per heavy atom. The van der Waals surface area contributed by atoms with Crippen molar-refractivity contribution in [2.45, 2.75) is 18.9 Å². The van der Waals surface area contributed by atoms with Gasteiger partial charge in [0.15, 0.2) is 0 Å². The maximum Gasteiger partial charge on any atom is 0.254 e. The molecule has 0 radical (unpaired) electrons. The van der Waals surface area contributed by atoms with Crippen LogP contribution in [0.15, 0.2) is 24.3 Å². The molecule has 0 bridgehead atoms. The van der Waals surface area contributed by atoms with E-state index >= 15 is 0 Å². The minimum atomic E-state index is -0.503. The molecule has 2 rings (SSSR count). The normalized spacial score (nSPS) is 19.3. The quantitative estimate of drug-likeness (QED) is 0.780. The van der Waals surface area contributed by atoms with Gasteiger partial charge < -0.3 is 15.7 Å². The largest absolute Gasteiger partial charge is 0.508 e. The molecule has 1 aliphatic heterocycles. The number of aromatic hydroxyl groups is 1. The number of likely N-dealkylation sites (tertiary alicyclic amines) is 1. The highest BCUT2D eigenvalue weighted by molar-refractivity contribution is 5.97. The van der Waals surface area contributed by atoms with Gasteiger partial charge in [0.2, 0.25) is 5.91 Å². The van der Waals surface area contributed by atoms with E-state index in [2.05, 4.69) is 0 Å². The van der Waals surface area contributed by atoms with Gasteiger partial charge in [-0.25, -0.2) is 0 Å². The third-order valence-corrected chi connectivity index (χ3v) is 2.96. The van der Waals surface area contributed by atoms with Crippen LogP contribution in [0.1, 0.15) is 23.2 Å². The van der Waals surface area contributed by atoms with Gasteiger partial charge in [-0.15, -0.1) is 0 Å². The fraction of sp³-hybridized carbons (Fsp3) is 0.333. The lowest BCUT2D eigenvalue weighted by atomic mass is 10.1. The predicted molar refractivity (Wildman–Crippen MR) is 61.4 cm³/mol. The topological polar surface area (TPSA) is 83.6 Å². The summed E-state index contributed by atoms with van der Waals surface area (Å²) in [5, 5.41) is 9.14. The van der Waals surface area contributed by atoms with Gasteiger partial charge in [-0.3, -0.25) is 9.59 Å². The van der Waals surface area contributed by atoms with Crippen molar-refractivity contribution in [2.24, 2.45) is 5.73 Å². The average Bonchev–Trinajstić information content (AvgIpc) is 2.78. The van der Waals surface area contributed by atoms with E-state index < -0.39 is 11.9 Å². The highest BCUT2D eigenvalue weighted by atomic mass is 16.3. The van der Waals surface area contributed by atoms with E-state index in [-0.39, 0.29) is 11.7 Å². The third-order valence-electron chi connectivity index (χ3n) is 2.96. The van der Waals surface area contributed by atoms with Gasteiger partial charge >= 0.3 is 0 Å². The van der Waals surface area contributed by atoms with Crippen molar-refractivity contribution >= 4 is 11.8 Å². The predicted octanol–water partition coefficient (Wildman–Crippen LogP) is 0.482. The summed E-state index contributed by atoms with van der Waals surface area (Å²) in [5.74, 6) is -0.574. The Labute approximate surface area is 98.8 Å². The fourth-order valence-corrected chi connectivity index (χ4v) is 2.08. The van der Waals surface area contributed by atoms with Crippen molar-refractivity contribution in [3.63, 3.8) is 0 Å². The number of hydrogen-bond acceptors (Lipinski definition) is 3. The van der Waals surface area contributed by atoms with Crippen LogP contribution in [0.3, 0.4) is 0 Å². The second kappa shape index (κ2) is 4.45. The van der Waals surface area contributed by atoms with E-state index in [1.807, 2.05) is 0 Å². The van der Waals surface area contributed by atoms with Crippen LogP contribution >= 0.6 is 0 Å². The molecule has 1 aromatic rings. The number of nitrogens with two attached hydrogens (primary N) is 1. The molecule has 1 atom stereocenters. The Bertz CT molecular complexity index is 442. The van der Waals surface area contributed by atoms with E-state index in [0.29, 0.717) is 18.5 Å². The first-order valence-corrected chi connectivity index (χ1v) is 5.49. The minimum Gasteiger partial charge on any atom is -0.508 e. The lowest BCUT2D eigenvalue weighted by Gasteiger charge is -2.22. The molecule has 1 aromatic carbocycles. The summed E-state index contributed by atoms with van der Waals surface area (Å²) in [6.07, 6.45) is 1.41. The summed E-state index contributed by atoms with van der Waals surface area (Å²) >= 11 is 0. The summed E-state index contributed by atoms with van der Waals surface area (Å²) in [7, 11) is 0. The molecule has 0 aromatic heterocycles. The monoisotopic (exact) mass is 234 g/mol. The molecule has 0 saturated carbocycles. The number of carbonyl (C=O) groups is 2. The summed E-state index contributed by atoms with van der Waals surface area (Å²) in [6.45, 7) is 0.549. The number of amides is 2. The SMILES string of the molecule is NC(=O)C1CCCN1C(=O)c1ccc(O)cc1. The first kappa shape index (κ1) is 11.4. The van der Waals surface area contributed by atoms with Gasteiger partial charge in [0.25, 0.3) is 5.91 Å². The van der Waals surface area contributed by atoms with Crippen LogP contribution in [0.4, 0.5) is 0 Å². The standard InChI is InChI=1S/C12H14N2O3/c13-11(16)10-2-1-7-14(10)12(17)8-3-5-9(15)6-4-8/h3-6,10,15H,1-2,7H2,(H2,13,16). The van der Waals surface area contributed by atoms with E-state index in [4.69, 9.17) is 10.8 Å². The number of carbonyl (C=O) groups excluding carboxylic acids is 2. The second-order valence-electron chi connectivity index (χ2n) is 4.11. The number of nitrogens with zero attached hydrogens (tertiary/aromatic N) is 1. The van der Waals surface area contributed by atoms with E-state index in [1.165, 1.54) is 29.2 Å². The smallest absolute Gasteiger partial charge is 0.254 e. The molecule has 0 aliphatic carbocycles. The fourth-order valence-electron chi connectivity index (χ4n) is 2.08. The number of phenolic OH excluding ortho intramolecular Hbond substituents is 1. The first-order chi connectivity index (χ1) is 8.09. The molecule has 1 unspecified atom stereocenters. The number of hydrogen-bond donors (Lipinski definition) is 2. The molecule has 5 nitrogen and oxygen atoms in total. The van der Waals surface area contributed by atoms with Gasteiger partial charge in [-0.2, -0.15) is 0 Å². The highest BCUT2D eigenvalue weighted by Crippen LogP contribution is 2.20. The summed E-state index contributed by atoms with van der Waals surface area (Å²) < 4.78 is 0. The van der Waals surface area contributed by atoms with Gasteiger partial charge in [0.1, 0.15) is 11.8 Å². The highest BCUT2D eigenvalue weighted by Gasteiger charge is 2.32. The van der Waals surface area contributed by atoms with Crippen molar-refractivity contribution in [1.29, 1.82) is 0 Å². The number of primary amides is 1. The molecular weight excluding hydrogens is 220 g/mol. The number of rotatable bonds is 2. The Balaban J connectivity index is 2.19. The zero-order chi connectivity index (χ0) is 12.4. The van der Waals surface area contributed by atoms with Gasteiger partial charge in [-0.1, -0.05) is 0 Å². The Hall–Kier alpha value is -2.04. The van der Waals surface area contributed by atoms with Crippen LogP contribution in [0, 0.1) is 0 Å². The minimum absolute atomic E-state index is 0.106. The molecule has 1 saturated heterocycles. The third kappa shape index (κ3) is 2.22. The van der Waals surface area contributed by atoms with Crippen LogP contribution in [0.5, 0.6) is 5.75 Å². The van der Waals surface area contributed by atoms with Crippen LogP contribution in [-0.2, 0) is 4.79 Å². The summed E-state index contributed by atoms with van der Waals surface area (Å²) in [4.78, 5) is 24.8. The lowest BCUT2D eigenvalue weighted by molar-refractivity contribution is -0.121. The van der Waals surface area contributed by atoms with E-state index in [0.717, 1.165) is 6.42 Å². The van der Waals surface area contributed by atoms with Crippen molar-refractivity contribution in [3.8, 4) is 5.75 Å². The van der Waals surface area contributed by atoms with Gasteiger partial charge in [0.05, 0.1) is 0 Å². The van der Waals surface area contributed by atoms with Crippen LogP contribution in [0.25, 0.3) is 0 Å². The van der Waals surface area contributed by atoms with Crippen molar-refractivity contribution < 1.29 is 14.7 Å². The lowest BCUT2D eigenvalue weighted by Crippen LogP contribution is -2.43. The Kier molecular flexibility index (Phi) is 2.99. The van der Waals surface area contributed by atoms with E-state index in [1.54, 1.807) is 0 Å². The van der Waals surface area contributed by atoms with Crippen LogP contribution in [-0.4, -0.2) is 34.4 Å². The first-order valence-electron chi connectivity index (χ1n) is 5.49. The zero-order valence-electron chi connectivity index (χ0n) is 9.30. The molecule has 1 aliphatic rings. The van der Waals surface area contributed by atoms with Gasteiger partial charge in [0, 0.05) is 12.1 Å². The summed E-state index contributed by atoms with van der Waals surface area (Å²) in [5.41, 5.74) is 5.71. The Morgan fingerprint density at radius 1 is 1.29 bits per heavy atom. The maximum absolute atomic E-state index is 12.1. The van der Waals surface area contributed by atoms with Crippen molar-refractivity contribution in [2.75, 3.05) is 6.54 Å². The zero-order valence-corrected chi connectivity index (χ0v) is 9.30. The molecule has 1 fully saturated rings. The van der Waals surface area contributed by atoms with E-state index in [9.17, 15) is 9.59 Å². The van der Waals surface area contributed by atoms with Crippen molar-refractivity contribution in [1.82, 2.24) is 4.90 Å². The molecule has 5 heteroatoms. The maximum atomic E-state index is 12.1. The molecule has 17 heavy (non-hydrogen) atoms. The molecule has 3 N–H and O–H groups in total. The molecule has 2 amide bonds. The molecular formula is C12H14N2O3. The van der Waals surface area contributed by atoms with Crippen LogP contribution < -0.4 is 5.73 Å². The Morgan fingerprint density at radius 3 is 2.53 bits per heavy atom. The molecule has 1 heterocycles. The van der Waals surface area contributed by atoms with Crippen molar-refractivity contribution in [3.05, 3.63) is 29.8 Å². The molecule has 90 valence electrons. The van der Waals surface area contributed by atoms with Crippen LogP contribution in [0.2, 0.25) is 0 Å². The second-order valence-corrected chi connectivity index (χ2v) is 4.11. The molecule has 0 spiro atoms.